The van der Waals surface area contributed by atoms with E-state index in [1.807, 2.05) is 0 Å². The minimum Gasteiger partial charge on any atom is -0.409 e. The first-order chi connectivity index (χ1) is 7.68. The van der Waals surface area contributed by atoms with Gasteiger partial charge in [0.05, 0.1) is 0 Å². The van der Waals surface area contributed by atoms with E-state index < -0.39 is 36.4 Å². The van der Waals surface area contributed by atoms with E-state index >= 15 is 0 Å². The number of carbonyl (C=O) groups excluding carboxylic acids is 1. The summed E-state index contributed by atoms with van der Waals surface area (Å²) in [5.74, 6) is -3.67. The lowest BCUT2D eigenvalue weighted by Crippen LogP contribution is -2.45. The predicted octanol–water partition coefficient (Wildman–Crippen LogP) is -0.235. The van der Waals surface area contributed by atoms with Crippen LogP contribution in [0, 0.1) is 5.92 Å². The van der Waals surface area contributed by atoms with Crippen LogP contribution in [0.1, 0.15) is 13.3 Å². The van der Waals surface area contributed by atoms with E-state index in [4.69, 9.17) is 16.7 Å². The second-order valence-corrected chi connectivity index (χ2v) is 3.60. The van der Waals surface area contributed by atoms with Crippen molar-refractivity contribution in [3.63, 3.8) is 0 Å². The first-order valence-electron chi connectivity index (χ1n) is 4.74. The van der Waals surface area contributed by atoms with Crippen LogP contribution in [0.25, 0.3) is 0 Å². The number of nitrogens with two attached hydrogens (primary N) is 2. The van der Waals surface area contributed by atoms with Gasteiger partial charge in [0.15, 0.2) is 5.84 Å². The summed E-state index contributed by atoms with van der Waals surface area (Å²) in [4.78, 5) is 10.5. The van der Waals surface area contributed by atoms with E-state index in [1.54, 1.807) is 0 Å². The van der Waals surface area contributed by atoms with E-state index in [0.717, 1.165) is 0 Å². The van der Waals surface area contributed by atoms with Crippen molar-refractivity contribution in [3.8, 4) is 0 Å². The number of primary amides is 1. The quantitative estimate of drug-likeness (QED) is 0.227. The largest absolute Gasteiger partial charge is 0.409 e. The third-order valence-corrected chi connectivity index (χ3v) is 2.05. The van der Waals surface area contributed by atoms with Crippen molar-refractivity contribution in [3.05, 3.63) is 0 Å². The zero-order valence-corrected chi connectivity index (χ0v) is 9.16. The Morgan fingerprint density at radius 1 is 1.47 bits per heavy atom. The van der Waals surface area contributed by atoms with Crippen LogP contribution in [0.3, 0.4) is 0 Å². The number of hydrogen-bond donors (Lipinski definition) is 4. The number of alkyl halides is 3. The topological polar surface area (TPSA) is 114 Å². The second kappa shape index (κ2) is 6.28. The fourth-order valence-corrected chi connectivity index (χ4v) is 1.15. The van der Waals surface area contributed by atoms with Gasteiger partial charge in [-0.3, -0.25) is 4.79 Å². The monoisotopic (exact) mass is 256 g/mol. The Labute approximate surface area is 95.8 Å². The van der Waals surface area contributed by atoms with Crippen molar-refractivity contribution in [1.82, 2.24) is 5.32 Å². The maximum absolute atomic E-state index is 12.5. The zero-order valence-electron chi connectivity index (χ0n) is 9.16. The molecule has 9 heteroatoms. The van der Waals surface area contributed by atoms with Crippen LogP contribution in [-0.2, 0) is 4.79 Å². The van der Waals surface area contributed by atoms with Gasteiger partial charge in [-0.15, -0.1) is 0 Å². The van der Waals surface area contributed by atoms with Crippen LogP contribution in [-0.4, -0.2) is 35.7 Å². The Hall–Kier alpha value is -1.51. The lowest BCUT2D eigenvalue weighted by Gasteiger charge is -2.21. The molecule has 6 nitrogen and oxygen atoms in total. The van der Waals surface area contributed by atoms with Crippen LogP contribution in [0.2, 0.25) is 0 Å². The molecule has 0 aliphatic carbocycles. The standard InChI is InChI=1S/C8H15F3N4O2/c1-4(2-6(12)16)14-3-5(7(13)15-17)8(9,10)11/h4-5,14,17H,2-3H2,1H3,(H2,12,16)(H2,13,15). The number of nitrogens with zero attached hydrogens (tertiary/aromatic N) is 1. The molecule has 1 amide bonds. The van der Waals surface area contributed by atoms with E-state index in [1.165, 1.54) is 6.92 Å². The molecule has 6 N–H and O–H groups in total. The van der Waals surface area contributed by atoms with Crippen molar-refractivity contribution >= 4 is 11.7 Å². The number of hydrogen-bond acceptors (Lipinski definition) is 4. The number of halogens is 3. The van der Waals surface area contributed by atoms with Crippen LogP contribution in [0.4, 0.5) is 13.2 Å². The number of nitrogens with one attached hydrogen (secondary N) is 1. The molecule has 100 valence electrons. The molecule has 0 saturated heterocycles. The van der Waals surface area contributed by atoms with E-state index in [-0.39, 0.29) is 6.42 Å². The first-order valence-corrected chi connectivity index (χ1v) is 4.74. The number of rotatable bonds is 6. The molecule has 0 aliphatic rings. The Kier molecular flexibility index (Phi) is 5.72. The number of amides is 1. The molecule has 0 spiro atoms. The molecule has 0 bridgehead atoms. The average Bonchev–Trinajstić information content (AvgIpc) is 2.14. The lowest BCUT2D eigenvalue weighted by atomic mass is 10.1. The highest BCUT2D eigenvalue weighted by molar-refractivity contribution is 5.83. The third kappa shape index (κ3) is 5.95. The fraction of sp³-hybridized carbons (Fsp3) is 0.750. The van der Waals surface area contributed by atoms with Gasteiger partial charge in [-0.2, -0.15) is 13.2 Å². The Balaban J connectivity index is 4.43. The summed E-state index contributed by atoms with van der Waals surface area (Å²) in [5, 5.41) is 13.0. The zero-order chi connectivity index (χ0) is 13.6. The molecule has 0 saturated carbocycles. The summed E-state index contributed by atoms with van der Waals surface area (Å²) in [5.41, 5.74) is 9.82. The van der Waals surface area contributed by atoms with Crippen molar-refractivity contribution in [2.45, 2.75) is 25.6 Å². The molecule has 0 heterocycles. The molecule has 0 aromatic heterocycles. The normalized spacial score (nSPS) is 16.6. The van der Waals surface area contributed by atoms with E-state index in [9.17, 15) is 18.0 Å². The summed E-state index contributed by atoms with van der Waals surface area (Å²) in [6.07, 6.45) is -4.73. The van der Waals surface area contributed by atoms with Crippen molar-refractivity contribution in [2.75, 3.05) is 6.54 Å². The van der Waals surface area contributed by atoms with Gasteiger partial charge in [-0.25, -0.2) is 0 Å². The number of amidine groups is 1. The Bertz CT molecular complexity index is 293. The van der Waals surface area contributed by atoms with Crippen LogP contribution in [0.15, 0.2) is 5.16 Å². The van der Waals surface area contributed by atoms with Gasteiger partial charge in [0.2, 0.25) is 5.91 Å². The Morgan fingerprint density at radius 3 is 2.35 bits per heavy atom. The van der Waals surface area contributed by atoms with Crippen LogP contribution >= 0.6 is 0 Å². The SMILES string of the molecule is CC(CC(N)=O)NCC(C(N)=NO)C(F)(F)F. The number of carbonyl (C=O) groups is 1. The molecule has 2 atom stereocenters. The maximum Gasteiger partial charge on any atom is 0.400 e. The van der Waals surface area contributed by atoms with Gasteiger partial charge in [0, 0.05) is 19.0 Å². The first kappa shape index (κ1) is 15.5. The highest BCUT2D eigenvalue weighted by Crippen LogP contribution is 2.25. The molecule has 0 aliphatic heterocycles. The van der Waals surface area contributed by atoms with Crippen molar-refractivity contribution in [1.29, 1.82) is 0 Å². The summed E-state index contributed by atoms with van der Waals surface area (Å²) in [6.45, 7) is 0.915. The number of oxime groups is 1. The summed E-state index contributed by atoms with van der Waals surface area (Å²) >= 11 is 0. The highest BCUT2D eigenvalue weighted by atomic mass is 19.4. The van der Waals surface area contributed by atoms with Gasteiger partial charge >= 0.3 is 6.18 Å². The van der Waals surface area contributed by atoms with Crippen LogP contribution < -0.4 is 16.8 Å². The smallest absolute Gasteiger partial charge is 0.400 e. The second-order valence-electron chi connectivity index (χ2n) is 3.60. The highest BCUT2D eigenvalue weighted by Gasteiger charge is 2.42. The summed E-state index contributed by atoms with van der Waals surface area (Å²) < 4.78 is 37.4. The van der Waals surface area contributed by atoms with E-state index in [2.05, 4.69) is 10.5 Å². The Morgan fingerprint density at radius 2 is 2.00 bits per heavy atom. The van der Waals surface area contributed by atoms with Crippen molar-refractivity contribution in [2.24, 2.45) is 22.5 Å². The van der Waals surface area contributed by atoms with Gasteiger partial charge in [-0.1, -0.05) is 5.16 Å². The summed E-state index contributed by atoms with van der Waals surface area (Å²) in [7, 11) is 0. The molecular formula is C8H15F3N4O2. The maximum atomic E-state index is 12.5. The molecule has 0 fully saturated rings. The fourth-order valence-electron chi connectivity index (χ4n) is 1.15. The van der Waals surface area contributed by atoms with Crippen molar-refractivity contribution < 1.29 is 23.2 Å². The lowest BCUT2D eigenvalue weighted by molar-refractivity contribution is -0.155. The van der Waals surface area contributed by atoms with Crippen LogP contribution in [0.5, 0.6) is 0 Å². The molecule has 0 aromatic rings. The van der Waals surface area contributed by atoms with Gasteiger partial charge < -0.3 is 22.0 Å². The van der Waals surface area contributed by atoms with Gasteiger partial charge in [0.1, 0.15) is 5.92 Å². The average molecular weight is 256 g/mol. The molecule has 2 unspecified atom stereocenters. The minimum absolute atomic E-state index is 0.0965. The minimum atomic E-state index is -4.63. The molecule has 0 radical (unpaired) electrons. The molecular weight excluding hydrogens is 241 g/mol. The van der Waals surface area contributed by atoms with Gasteiger partial charge in [0.25, 0.3) is 0 Å². The molecule has 17 heavy (non-hydrogen) atoms. The summed E-state index contributed by atoms with van der Waals surface area (Å²) in [6, 6.07) is -0.524. The third-order valence-electron chi connectivity index (χ3n) is 2.05. The molecule has 0 aromatic carbocycles. The predicted molar refractivity (Wildman–Crippen MR) is 54.2 cm³/mol. The van der Waals surface area contributed by atoms with Gasteiger partial charge in [-0.05, 0) is 6.92 Å². The van der Waals surface area contributed by atoms with E-state index in [0.29, 0.717) is 0 Å². The molecule has 0 rings (SSSR count).